The fraction of sp³-hybridized carbons (Fsp3) is 0.267. The van der Waals surface area contributed by atoms with Crippen molar-refractivity contribution in [1.29, 1.82) is 0 Å². The first kappa shape index (κ1) is 12.3. The van der Waals surface area contributed by atoms with E-state index >= 15 is 0 Å². The summed E-state index contributed by atoms with van der Waals surface area (Å²) >= 11 is 6.39. The van der Waals surface area contributed by atoms with Gasteiger partial charge in [-0.25, -0.2) is 4.68 Å². The summed E-state index contributed by atoms with van der Waals surface area (Å²) in [6.07, 6.45) is 3.88. The van der Waals surface area contributed by atoms with Crippen molar-refractivity contribution in [3.05, 3.63) is 53.7 Å². The highest BCUT2D eigenvalue weighted by atomic mass is 35.5. The van der Waals surface area contributed by atoms with Crippen LogP contribution in [-0.2, 0) is 0 Å². The Labute approximate surface area is 117 Å². The molecule has 1 atom stereocenters. The molecular weight excluding hydrogens is 258 g/mol. The topological polar surface area (TPSA) is 29.9 Å². The second kappa shape index (κ2) is 4.74. The molecule has 1 aliphatic heterocycles. The van der Waals surface area contributed by atoms with E-state index < -0.39 is 0 Å². The first-order chi connectivity index (χ1) is 9.16. The maximum absolute atomic E-state index is 6.39. The Balaban J connectivity index is 2.02. The van der Waals surface area contributed by atoms with Crippen molar-refractivity contribution in [3.63, 3.8) is 0 Å². The van der Waals surface area contributed by atoms with Gasteiger partial charge in [-0.2, -0.15) is 5.10 Å². The van der Waals surface area contributed by atoms with Gasteiger partial charge >= 0.3 is 0 Å². The number of fused-ring (bicyclic) bond motifs is 1. The molecule has 0 spiro atoms. The lowest BCUT2D eigenvalue weighted by molar-refractivity contribution is 0.677. The molecule has 0 saturated heterocycles. The van der Waals surface area contributed by atoms with Gasteiger partial charge in [0.15, 0.2) is 0 Å². The molecule has 1 unspecified atom stereocenters. The van der Waals surface area contributed by atoms with Crippen LogP contribution < -0.4 is 5.32 Å². The number of anilines is 1. The van der Waals surface area contributed by atoms with Crippen LogP contribution in [0.1, 0.15) is 36.4 Å². The number of halogens is 1. The van der Waals surface area contributed by atoms with Crippen LogP contribution in [-0.4, -0.2) is 9.78 Å². The quantitative estimate of drug-likeness (QED) is 0.831. The van der Waals surface area contributed by atoms with Crippen molar-refractivity contribution in [2.24, 2.45) is 0 Å². The van der Waals surface area contributed by atoms with Gasteiger partial charge in [0, 0.05) is 11.3 Å². The van der Waals surface area contributed by atoms with Gasteiger partial charge in [-0.05, 0) is 17.6 Å². The number of hydrogen-bond acceptors (Lipinski definition) is 2. The summed E-state index contributed by atoms with van der Waals surface area (Å²) in [5, 5.41) is 7.82. The highest BCUT2D eigenvalue weighted by Gasteiger charge is 2.23. The lowest BCUT2D eigenvalue weighted by Crippen LogP contribution is -2.16. The van der Waals surface area contributed by atoms with Crippen LogP contribution in [0.15, 0.2) is 42.6 Å². The molecule has 0 aliphatic carbocycles. The molecule has 98 valence electrons. The molecule has 2 heterocycles. The van der Waals surface area contributed by atoms with Gasteiger partial charge in [-0.15, -0.1) is 0 Å². The van der Waals surface area contributed by atoms with Crippen molar-refractivity contribution in [2.75, 3.05) is 5.32 Å². The zero-order valence-corrected chi connectivity index (χ0v) is 11.7. The number of allylic oxidation sites excluding steroid dienone is 1. The Bertz CT molecular complexity index is 614. The van der Waals surface area contributed by atoms with Crippen molar-refractivity contribution in [3.8, 4) is 0 Å². The van der Waals surface area contributed by atoms with Gasteiger partial charge in [-0.1, -0.05) is 55.8 Å². The van der Waals surface area contributed by atoms with Crippen molar-refractivity contribution < 1.29 is 0 Å². The van der Waals surface area contributed by atoms with Gasteiger partial charge in [-0.3, -0.25) is 0 Å². The van der Waals surface area contributed by atoms with Crippen LogP contribution in [0.4, 0.5) is 5.82 Å². The predicted molar refractivity (Wildman–Crippen MR) is 79.2 cm³/mol. The first-order valence-corrected chi connectivity index (χ1v) is 6.86. The smallest absolute Gasteiger partial charge is 0.148 e. The van der Waals surface area contributed by atoms with Gasteiger partial charge in [0.25, 0.3) is 0 Å². The lowest BCUT2D eigenvalue weighted by atomic mass is 10.1. The van der Waals surface area contributed by atoms with Crippen molar-refractivity contribution in [1.82, 2.24) is 9.78 Å². The van der Waals surface area contributed by atoms with Crippen LogP contribution in [0.3, 0.4) is 0 Å². The Morgan fingerprint density at radius 3 is 2.68 bits per heavy atom. The average molecular weight is 274 g/mol. The molecule has 4 heteroatoms. The number of nitrogens with one attached hydrogen (secondary N) is 1. The summed E-state index contributed by atoms with van der Waals surface area (Å²) in [5.41, 5.74) is 3.11. The maximum atomic E-state index is 6.39. The third kappa shape index (κ3) is 2.15. The van der Waals surface area contributed by atoms with Gasteiger partial charge < -0.3 is 5.32 Å². The van der Waals surface area contributed by atoms with Crippen molar-refractivity contribution in [2.45, 2.75) is 25.3 Å². The number of nitrogens with zero attached hydrogens (tertiary/aromatic N) is 2. The van der Waals surface area contributed by atoms with Gasteiger partial charge in [0.05, 0.1) is 6.20 Å². The zero-order chi connectivity index (χ0) is 13.4. The summed E-state index contributed by atoms with van der Waals surface area (Å²) in [4.78, 5) is 0. The molecule has 0 bridgehead atoms. The molecule has 0 fully saturated rings. The maximum Gasteiger partial charge on any atom is 0.148 e. The minimum absolute atomic E-state index is 0.251. The SMILES string of the molecule is CC(C)c1cnn2c1NC(c1ccccc1)=CC2Cl. The molecule has 1 aromatic heterocycles. The second-order valence-electron chi connectivity index (χ2n) is 4.99. The van der Waals surface area contributed by atoms with E-state index in [1.54, 1.807) is 0 Å². The van der Waals surface area contributed by atoms with Gasteiger partial charge in [0.2, 0.25) is 0 Å². The molecule has 0 radical (unpaired) electrons. The molecule has 0 saturated carbocycles. The Morgan fingerprint density at radius 1 is 1.26 bits per heavy atom. The fourth-order valence-corrected chi connectivity index (χ4v) is 2.55. The van der Waals surface area contributed by atoms with E-state index in [1.165, 1.54) is 5.56 Å². The largest absolute Gasteiger partial charge is 0.340 e. The molecule has 2 aromatic rings. The zero-order valence-electron chi connectivity index (χ0n) is 11.0. The highest BCUT2D eigenvalue weighted by molar-refractivity contribution is 6.21. The van der Waals surface area contributed by atoms with E-state index in [4.69, 9.17) is 11.6 Å². The molecular formula is C15H16ClN3. The molecule has 19 heavy (non-hydrogen) atoms. The van der Waals surface area contributed by atoms with E-state index in [0.29, 0.717) is 5.92 Å². The normalized spacial score (nSPS) is 17.9. The Morgan fingerprint density at radius 2 is 2.00 bits per heavy atom. The molecule has 3 nitrogen and oxygen atoms in total. The lowest BCUT2D eigenvalue weighted by Gasteiger charge is -2.23. The van der Waals surface area contributed by atoms with Crippen LogP contribution in [0.2, 0.25) is 0 Å². The summed E-state index contributed by atoms with van der Waals surface area (Å²) in [6, 6.07) is 10.2. The van der Waals surface area contributed by atoms with Gasteiger partial charge in [0.1, 0.15) is 11.3 Å². The second-order valence-corrected chi connectivity index (χ2v) is 5.44. The molecule has 1 aromatic carbocycles. The predicted octanol–water partition coefficient (Wildman–Crippen LogP) is 4.21. The number of rotatable bonds is 2. The van der Waals surface area contributed by atoms with Crippen LogP contribution in [0, 0.1) is 0 Å². The van der Waals surface area contributed by atoms with Crippen LogP contribution >= 0.6 is 11.6 Å². The fourth-order valence-electron chi connectivity index (χ4n) is 2.28. The first-order valence-electron chi connectivity index (χ1n) is 6.42. The summed E-state index contributed by atoms with van der Waals surface area (Å²) in [7, 11) is 0. The van der Waals surface area contributed by atoms with Crippen LogP contribution in [0.25, 0.3) is 5.70 Å². The van der Waals surface area contributed by atoms with Crippen LogP contribution in [0.5, 0.6) is 0 Å². The molecule has 0 amide bonds. The monoisotopic (exact) mass is 273 g/mol. The molecule has 1 N–H and O–H groups in total. The average Bonchev–Trinajstić information content (AvgIpc) is 2.84. The Hall–Kier alpha value is -1.74. The Kier molecular flexibility index (Phi) is 3.07. The number of aromatic nitrogens is 2. The van der Waals surface area contributed by atoms with E-state index in [9.17, 15) is 0 Å². The third-order valence-corrected chi connectivity index (χ3v) is 3.63. The van der Waals surface area contributed by atoms with E-state index in [0.717, 1.165) is 17.1 Å². The minimum atomic E-state index is -0.251. The summed E-state index contributed by atoms with van der Waals surface area (Å²) in [5.74, 6) is 1.41. The highest BCUT2D eigenvalue weighted by Crippen LogP contribution is 2.35. The number of alkyl halides is 1. The number of hydrogen-bond donors (Lipinski definition) is 1. The number of benzene rings is 1. The molecule has 1 aliphatic rings. The van der Waals surface area contributed by atoms with E-state index in [1.807, 2.05) is 35.2 Å². The van der Waals surface area contributed by atoms with E-state index in [2.05, 4.69) is 36.4 Å². The molecule has 3 rings (SSSR count). The minimum Gasteiger partial charge on any atom is -0.340 e. The summed E-state index contributed by atoms with van der Waals surface area (Å²) < 4.78 is 1.82. The summed E-state index contributed by atoms with van der Waals surface area (Å²) in [6.45, 7) is 4.31. The van der Waals surface area contributed by atoms with Crippen molar-refractivity contribution >= 4 is 23.1 Å². The standard InChI is InChI=1S/C15H16ClN3/c1-10(2)12-9-17-19-14(16)8-13(18-15(12)19)11-6-4-3-5-7-11/h3-10,14,18H,1-2H3. The van der Waals surface area contributed by atoms with E-state index in [-0.39, 0.29) is 5.50 Å². The third-order valence-electron chi connectivity index (χ3n) is 3.32.